The summed E-state index contributed by atoms with van der Waals surface area (Å²) in [5.74, 6) is -0.920. The molecule has 0 aromatic heterocycles. The molecular formula is C35H37Cl2N3O4S. The predicted molar refractivity (Wildman–Crippen MR) is 181 cm³/mol. The number of hydrogen-bond donors (Lipinski definition) is 1. The zero-order valence-electron chi connectivity index (χ0n) is 25.5. The largest absolute Gasteiger partial charge is 0.355 e. The number of rotatable bonds is 13. The van der Waals surface area contributed by atoms with Gasteiger partial charge in [-0.3, -0.25) is 13.9 Å². The molecule has 0 bridgehead atoms. The molecule has 236 valence electrons. The molecule has 2 amide bonds. The van der Waals surface area contributed by atoms with Crippen LogP contribution in [0.5, 0.6) is 0 Å². The molecule has 0 aliphatic heterocycles. The van der Waals surface area contributed by atoms with Crippen molar-refractivity contribution in [3.8, 4) is 0 Å². The fourth-order valence-corrected chi connectivity index (χ4v) is 7.00. The summed E-state index contributed by atoms with van der Waals surface area (Å²) >= 11 is 12.7. The molecule has 4 aromatic carbocycles. The molecule has 0 aliphatic rings. The first-order valence-corrected chi connectivity index (χ1v) is 17.0. The Hall–Kier alpha value is -3.85. The van der Waals surface area contributed by atoms with Crippen LogP contribution in [0.25, 0.3) is 0 Å². The van der Waals surface area contributed by atoms with Gasteiger partial charge in [0, 0.05) is 29.6 Å². The van der Waals surface area contributed by atoms with Gasteiger partial charge >= 0.3 is 0 Å². The van der Waals surface area contributed by atoms with E-state index in [2.05, 4.69) is 5.32 Å². The smallest absolute Gasteiger partial charge is 0.264 e. The number of likely N-dealkylation sites (N-methyl/N-ethyl adjacent to an activating group) is 1. The second-order valence-electron chi connectivity index (χ2n) is 10.7. The Morgan fingerprint density at radius 1 is 0.844 bits per heavy atom. The summed E-state index contributed by atoms with van der Waals surface area (Å²) in [6.45, 7) is 5.37. The molecule has 1 atom stereocenters. The van der Waals surface area contributed by atoms with E-state index in [1.165, 1.54) is 17.0 Å². The zero-order chi connectivity index (χ0) is 32.6. The average Bonchev–Trinajstić information content (AvgIpc) is 3.03. The van der Waals surface area contributed by atoms with Crippen LogP contribution in [-0.2, 0) is 39.0 Å². The van der Waals surface area contributed by atoms with Crippen molar-refractivity contribution >= 4 is 50.7 Å². The van der Waals surface area contributed by atoms with Crippen LogP contribution >= 0.6 is 23.2 Å². The third kappa shape index (κ3) is 8.45. The number of halogens is 2. The molecule has 10 heteroatoms. The molecule has 0 unspecified atom stereocenters. The Labute approximate surface area is 275 Å². The first-order valence-electron chi connectivity index (χ1n) is 14.8. The first kappa shape index (κ1) is 34.0. The Morgan fingerprint density at radius 2 is 1.51 bits per heavy atom. The number of amides is 2. The minimum absolute atomic E-state index is 0.0443. The van der Waals surface area contributed by atoms with Gasteiger partial charge in [0.2, 0.25) is 11.8 Å². The Morgan fingerprint density at radius 3 is 2.16 bits per heavy atom. The second-order valence-corrected chi connectivity index (χ2v) is 13.4. The summed E-state index contributed by atoms with van der Waals surface area (Å²) in [6, 6.07) is 27.0. The van der Waals surface area contributed by atoms with Gasteiger partial charge < -0.3 is 10.2 Å². The van der Waals surface area contributed by atoms with Crippen LogP contribution in [0.3, 0.4) is 0 Å². The maximum Gasteiger partial charge on any atom is 0.264 e. The van der Waals surface area contributed by atoms with Crippen molar-refractivity contribution in [1.29, 1.82) is 0 Å². The van der Waals surface area contributed by atoms with E-state index < -0.39 is 28.5 Å². The fourth-order valence-electron chi connectivity index (χ4n) is 5.08. The number of nitrogens with zero attached hydrogens (tertiary/aromatic N) is 2. The van der Waals surface area contributed by atoms with Crippen molar-refractivity contribution in [1.82, 2.24) is 10.2 Å². The molecule has 0 fully saturated rings. The highest BCUT2D eigenvalue weighted by atomic mass is 35.5. The van der Waals surface area contributed by atoms with E-state index in [-0.39, 0.29) is 23.8 Å². The van der Waals surface area contributed by atoms with Crippen molar-refractivity contribution in [3.05, 3.63) is 129 Å². The third-order valence-corrected chi connectivity index (χ3v) is 9.87. The second kappa shape index (κ2) is 15.4. The van der Waals surface area contributed by atoms with Gasteiger partial charge in [-0.1, -0.05) is 102 Å². The normalized spacial score (nSPS) is 11.9. The minimum Gasteiger partial charge on any atom is -0.355 e. The van der Waals surface area contributed by atoms with Crippen molar-refractivity contribution < 1.29 is 18.0 Å². The Kier molecular flexibility index (Phi) is 11.7. The number of nitrogens with one attached hydrogen (secondary N) is 1. The van der Waals surface area contributed by atoms with Gasteiger partial charge in [0.25, 0.3) is 10.0 Å². The van der Waals surface area contributed by atoms with E-state index in [1.807, 2.05) is 56.3 Å². The number of benzene rings is 4. The van der Waals surface area contributed by atoms with Crippen molar-refractivity contribution in [2.75, 3.05) is 17.4 Å². The minimum atomic E-state index is -4.19. The van der Waals surface area contributed by atoms with Crippen LogP contribution in [0.4, 0.5) is 5.69 Å². The molecule has 7 nitrogen and oxygen atoms in total. The summed E-state index contributed by atoms with van der Waals surface area (Å²) in [5, 5.41) is 3.61. The van der Waals surface area contributed by atoms with Crippen molar-refractivity contribution in [2.45, 2.75) is 51.1 Å². The summed E-state index contributed by atoms with van der Waals surface area (Å²) in [4.78, 5) is 29.7. The van der Waals surface area contributed by atoms with Crippen LogP contribution in [0.15, 0.2) is 102 Å². The number of carbonyl (C=O) groups is 2. The Bertz CT molecular complexity index is 1730. The monoisotopic (exact) mass is 665 g/mol. The third-order valence-electron chi connectivity index (χ3n) is 7.51. The van der Waals surface area contributed by atoms with Gasteiger partial charge in [-0.25, -0.2) is 8.42 Å². The zero-order valence-corrected chi connectivity index (χ0v) is 27.9. The predicted octanol–water partition coefficient (Wildman–Crippen LogP) is 6.84. The molecule has 0 saturated carbocycles. The van der Waals surface area contributed by atoms with Crippen LogP contribution < -0.4 is 9.62 Å². The van der Waals surface area contributed by atoms with Crippen LogP contribution in [0.2, 0.25) is 10.0 Å². The van der Waals surface area contributed by atoms with E-state index in [0.29, 0.717) is 34.3 Å². The number of aryl methyl sites for hydroxylation is 2. The van der Waals surface area contributed by atoms with Crippen molar-refractivity contribution in [2.24, 2.45) is 0 Å². The summed E-state index contributed by atoms with van der Waals surface area (Å²) in [6.07, 6.45) is 0.754. The van der Waals surface area contributed by atoms with Gasteiger partial charge in [0.15, 0.2) is 0 Å². The van der Waals surface area contributed by atoms with Gasteiger partial charge in [-0.2, -0.15) is 0 Å². The van der Waals surface area contributed by atoms with Crippen LogP contribution in [-0.4, -0.2) is 44.3 Å². The van der Waals surface area contributed by atoms with E-state index in [0.717, 1.165) is 21.0 Å². The highest BCUT2D eigenvalue weighted by Gasteiger charge is 2.35. The number of anilines is 1. The average molecular weight is 667 g/mol. The highest BCUT2D eigenvalue weighted by Crippen LogP contribution is 2.29. The number of para-hydroxylation sites is 1. The van der Waals surface area contributed by atoms with Gasteiger partial charge in [0.1, 0.15) is 12.6 Å². The van der Waals surface area contributed by atoms with E-state index in [4.69, 9.17) is 23.2 Å². The highest BCUT2D eigenvalue weighted by molar-refractivity contribution is 7.92. The molecular weight excluding hydrogens is 629 g/mol. The molecule has 4 rings (SSSR count). The van der Waals surface area contributed by atoms with E-state index in [1.54, 1.807) is 49.4 Å². The lowest BCUT2D eigenvalue weighted by Crippen LogP contribution is -2.53. The number of sulfonamides is 1. The summed E-state index contributed by atoms with van der Waals surface area (Å²) < 4.78 is 29.7. The quantitative estimate of drug-likeness (QED) is 0.170. The molecule has 0 heterocycles. The Balaban J connectivity index is 1.84. The van der Waals surface area contributed by atoms with E-state index >= 15 is 0 Å². The van der Waals surface area contributed by atoms with Gasteiger partial charge in [-0.05, 0) is 67.3 Å². The van der Waals surface area contributed by atoms with E-state index in [9.17, 15) is 18.0 Å². The molecule has 0 spiro atoms. The van der Waals surface area contributed by atoms with Gasteiger partial charge in [0.05, 0.1) is 10.6 Å². The van der Waals surface area contributed by atoms with Crippen molar-refractivity contribution in [3.63, 3.8) is 0 Å². The number of carbonyl (C=O) groups excluding carboxylic acids is 2. The summed E-state index contributed by atoms with van der Waals surface area (Å²) in [7, 11) is -4.19. The topological polar surface area (TPSA) is 86.8 Å². The van der Waals surface area contributed by atoms with Crippen LogP contribution in [0.1, 0.15) is 36.1 Å². The molecule has 0 radical (unpaired) electrons. The lowest BCUT2D eigenvalue weighted by Gasteiger charge is -2.34. The SMILES string of the molecule is CCNC(=O)[C@H](Cc1ccccc1)N(Cc1ccc(Cl)cc1Cl)C(=O)CN(c1ccccc1CC)S(=O)(=O)c1ccc(C)cc1. The lowest BCUT2D eigenvalue weighted by molar-refractivity contribution is -0.140. The first-order chi connectivity index (χ1) is 21.5. The fraction of sp³-hybridized carbons (Fsp3) is 0.257. The molecule has 45 heavy (non-hydrogen) atoms. The standard InChI is InChI=1S/C35H37Cl2N3O4S/c1-4-27-13-9-10-14-32(27)40(45(43,44)30-19-15-25(3)16-20-30)24-34(41)39(23-28-17-18-29(36)22-31(28)37)33(35(42)38-5-2)21-26-11-7-6-8-12-26/h6-20,22,33H,4-5,21,23-24H2,1-3H3,(H,38,42)/t33-/m0/s1. The molecule has 0 aliphatic carbocycles. The molecule has 0 saturated heterocycles. The van der Waals surface area contributed by atoms with Gasteiger partial charge in [-0.15, -0.1) is 0 Å². The maximum absolute atomic E-state index is 14.6. The molecule has 4 aromatic rings. The molecule has 1 N–H and O–H groups in total. The lowest BCUT2D eigenvalue weighted by atomic mass is 10.0. The number of hydrogen-bond acceptors (Lipinski definition) is 4. The van der Waals surface area contributed by atoms with Crippen LogP contribution in [0, 0.1) is 6.92 Å². The summed E-state index contributed by atoms with van der Waals surface area (Å²) in [5.41, 5.74) is 3.48. The maximum atomic E-state index is 14.6.